The Balaban J connectivity index is 0.00000144. The SMILES string of the molecule is CC(=[OH+])[CH-]C(=[OH+])c1ccccc1.[Re]. The minimum absolute atomic E-state index is 0. The summed E-state index contributed by atoms with van der Waals surface area (Å²) in [7, 11) is 0. The molecule has 0 saturated heterocycles. The zero-order valence-electron chi connectivity index (χ0n) is 7.24. The molecule has 1 radical (unpaired) electrons. The molecule has 0 amide bonds. The van der Waals surface area contributed by atoms with Crippen LogP contribution in [0.4, 0.5) is 0 Å². The van der Waals surface area contributed by atoms with Crippen molar-refractivity contribution in [3.8, 4) is 0 Å². The van der Waals surface area contributed by atoms with Gasteiger partial charge in [-0.15, -0.1) is 12.1 Å². The third kappa shape index (κ3) is 4.03. The molecule has 2 N–H and O–H groups in total. The first-order valence-electron chi connectivity index (χ1n) is 3.69. The van der Waals surface area contributed by atoms with Crippen molar-refractivity contribution in [3.63, 3.8) is 0 Å². The van der Waals surface area contributed by atoms with Gasteiger partial charge in [-0.1, -0.05) is 23.8 Å². The van der Waals surface area contributed by atoms with Crippen LogP contribution in [0, 0.1) is 6.42 Å². The van der Waals surface area contributed by atoms with E-state index in [-0.39, 0.29) is 32.0 Å². The summed E-state index contributed by atoms with van der Waals surface area (Å²) in [6, 6.07) is 9.06. The van der Waals surface area contributed by atoms with Gasteiger partial charge in [-0.25, -0.2) is 0 Å². The van der Waals surface area contributed by atoms with Crippen molar-refractivity contribution < 1.29 is 30.0 Å². The molecular weight excluding hydrogens is 338 g/mol. The van der Waals surface area contributed by atoms with Crippen molar-refractivity contribution in [2.24, 2.45) is 0 Å². The van der Waals surface area contributed by atoms with Crippen LogP contribution in [-0.2, 0) is 20.4 Å². The fourth-order valence-electron chi connectivity index (χ4n) is 0.890. The largest absolute Gasteiger partial charge is 0.313 e. The summed E-state index contributed by atoms with van der Waals surface area (Å²) >= 11 is 0. The van der Waals surface area contributed by atoms with Crippen LogP contribution in [0.3, 0.4) is 0 Å². The Labute approximate surface area is 91.0 Å². The van der Waals surface area contributed by atoms with Gasteiger partial charge in [0.25, 0.3) is 0 Å². The van der Waals surface area contributed by atoms with Gasteiger partial charge in [0.2, 0.25) is 11.6 Å². The van der Waals surface area contributed by atoms with E-state index >= 15 is 0 Å². The number of carbonyl (C=O) groups excluding carboxylic acids is 2. The van der Waals surface area contributed by atoms with E-state index in [0.717, 1.165) is 0 Å². The van der Waals surface area contributed by atoms with Gasteiger partial charge in [-0.3, -0.25) is 4.79 Å². The zero-order valence-corrected chi connectivity index (χ0v) is 9.95. The van der Waals surface area contributed by atoms with Crippen LogP contribution in [-0.4, -0.2) is 21.2 Å². The number of hydrogen-bond donors (Lipinski definition) is 0. The second-order valence-electron chi connectivity index (χ2n) is 2.54. The van der Waals surface area contributed by atoms with Crippen LogP contribution in [0.25, 0.3) is 0 Å². The second-order valence-corrected chi connectivity index (χ2v) is 2.54. The first-order valence-corrected chi connectivity index (χ1v) is 3.69. The summed E-state index contributed by atoms with van der Waals surface area (Å²) in [5.41, 5.74) is 0.700. The van der Waals surface area contributed by atoms with E-state index in [2.05, 4.69) is 0 Å². The number of hydrogen-bond acceptors (Lipinski definition) is 0. The van der Waals surface area contributed by atoms with Crippen LogP contribution < -0.4 is 0 Å². The van der Waals surface area contributed by atoms with E-state index in [0.29, 0.717) is 5.56 Å². The van der Waals surface area contributed by atoms with Crippen LogP contribution in [0.1, 0.15) is 12.5 Å². The fraction of sp³-hybridized carbons (Fsp3) is 0.100. The van der Waals surface area contributed by atoms with E-state index in [1.54, 1.807) is 12.1 Å². The first kappa shape index (κ1) is 12.1. The van der Waals surface area contributed by atoms with E-state index < -0.39 is 0 Å². The molecule has 0 aromatic heterocycles. The Hall–Kier alpha value is -0.908. The Morgan fingerprint density at radius 3 is 2.15 bits per heavy atom. The Morgan fingerprint density at radius 2 is 1.69 bits per heavy atom. The second kappa shape index (κ2) is 5.69. The molecule has 1 aromatic rings. The zero-order chi connectivity index (χ0) is 8.97. The molecular formula is C10H11O2Re+. The van der Waals surface area contributed by atoms with E-state index in [1.807, 2.05) is 18.2 Å². The van der Waals surface area contributed by atoms with Crippen LogP contribution in [0.5, 0.6) is 0 Å². The van der Waals surface area contributed by atoms with Gasteiger partial charge in [0.1, 0.15) is 0 Å². The molecule has 0 fully saturated rings. The maximum absolute atomic E-state index is 9.37. The molecule has 0 aliphatic heterocycles. The Bertz CT molecular complexity index is 293. The number of rotatable bonds is 3. The average Bonchev–Trinajstić information content (AvgIpc) is 2.05. The maximum Gasteiger partial charge on any atom is 0.247 e. The fourth-order valence-corrected chi connectivity index (χ4v) is 0.890. The van der Waals surface area contributed by atoms with Crippen molar-refractivity contribution in [3.05, 3.63) is 42.3 Å². The molecule has 2 nitrogen and oxygen atoms in total. The molecule has 0 heterocycles. The molecule has 0 atom stereocenters. The molecule has 0 spiro atoms. The predicted molar refractivity (Wildman–Crippen MR) is 49.4 cm³/mol. The van der Waals surface area contributed by atoms with Gasteiger partial charge in [0.05, 0.1) is 0 Å². The summed E-state index contributed by atoms with van der Waals surface area (Å²) in [6.45, 7) is 1.51. The molecule has 13 heavy (non-hydrogen) atoms. The third-order valence-corrected chi connectivity index (χ3v) is 1.42. The molecule has 3 heteroatoms. The topological polar surface area (TPSA) is 42.8 Å². The van der Waals surface area contributed by atoms with E-state index in [9.17, 15) is 4.79 Å². The van der Waals surface area contributed by atoms with Crippen LogP contribution in [0.2, 0.25) is 0 Å². The molecule has 1 rings (SSSR count). The normalized spacial score (nSPS) is 8.38. The van der Waals surface area contributed by atoms with Gasteiger partial charge in [-0.05, 0) is 6.42 Å². The first-order chi connectivity index (χ1) is 5.70. The summed E-state index contributed by atoms with van der Waals surface area (Å²) in [4.78, 5) is 18.2. The monoisotopic (exact) mass is 350 g/mol. The summed E-state index contributed by atoms with van der Waals surface area (Å²) in [6.07, 6.45) is 1.31. The smallest absolute Gasteiger partial charge is 0.247 e. The Kier molecular flexibility index (Phi) is 5.29. The van der Waals surface area contributed by atoms with Gasteiger partial charge in [0.15, 0.2) is 0 Å². The van der Waals surface area contributed by atoms with Crippen molar-refractivity contribution in [1.29, 1.82) is 0 Å². The van der Waals surface area contributed by atoms with Crippen molar-refractivity contribution in [2.45, 2.75) is 6.92 Å². The van der Waals surface area contributed by atoms with E-state index in [4.69, 9.17) is 4.79 Å². The molecule has 0 bridgehead atoms. The van der Waals surface area contributed by atoms with Crippen LogP contribution in [0.15, 0.2) is 30.3 Å². The summed E-state index contributed by atoms with van der Waals surface area (Å²) in [5, 5.41) is 0. The minimum Gasteiger partial charge on any atom is -0.313 e. The quantitative estimate of drug-likeness (QED) is 0.342. The van der Waals surface area contributed by atoms with E-state index in [1.165, 1.54) is 13.3 Å². The predicted octanol–water partition coefficient (Wildman–Crippen LogP) is 1.35. The molecule has 0 unspecified atom stereocenters. The van der Waals surface area contributed by atoms with Crippen LogP contribution >= 0.6 is 0 Å². The van der Waals surface area contributed by atoms with Crippen molar-refractivity contribution in [1.82, 2.24) is 0 Å². The number of benzene rings is 1. The third-order valence-electron chi connectivity index (χ3n) is 1.42. The standard InChI is InChI=1S/C10H9O2.Re/c1-8(11)7-10(12)9-5-3-2-4-6-9;/h2-7H,1H3;/q-1;/p+2. The molecule has 69 valence electrons. The minimum atomic E-state index is 0. The average molecular weight is 349 g/mol. The van der Waals surface area contributed by atoms with Gasteiger partial charge < -0.3 is 4.79 Å². The maximum atomic E-state index is 9.37. The summed E-state index contributed by atoms with van der Waals surface area (Å²) < 4.78 is 0. The summed E-state index contributed by atoms with van der Waals surface area (Å²) in [5.74, 6) is 0.173. The van der Waals surface area contributed by atoms with Gasteiger partial charge >= 0.3 is 0 Å². The molecule has 0 aliphatic carbocycles. The van der Waals surface area contributed by atoms with Crippen molar-refractivity contribution in [2.75, 3.05) is 0 Å². The van der Waals surface area contributed by atoms with Crippen molar-refractivity contribution >= 4 is 11.6 Å². The molecule has 0 aliphatic rings. The van der Waals surface area contributed by atoms with Gasteiger partial charge in [-0.2, -0.15) is 0 Å². The molecule has 0 saturated carbocycles. The Morgan fingerprint density at radius 1 is 1.15 bits per heavy atom. The molecule has 1 aromatic carbocycles. The van der Waals surface area contributed by atoms with Gasteiger partial charge in [0, 0.05) is 27.3 Å². The number of ketones is 2.